The predicted molar refractivity (Wildman–Crippen MR) is 112 cm³/mol. The zero-order chi connectivity index (χ0) is 21.0. The fourth-order valence-corrected chi connectivity index (χ4v) is 4.97. The summed E-state index contributed by atoms with van der Waals surface area (Å²) in [6.45, 7) is 0.513. The van der Waals surface area contributed by atoms with Gasteiger partial charge in [0.05, 0.1) is 34.7 Å². The lowest BCUT2D eigenvalue weighted by Crippen LogP contribution is -2.15. The Balaban J connectivity index is 1.56. The number of β-amino-alcohol motifs (C(OH)–C–C–N with tert-alkyl or cyclic N) is 1. The highest BCUT2D eigenvalue weighted by molar-refractivity contribution is 7.23. The summed E-state index contributed by atoms with van der Waals surface area (Å²) in [6.07, 6.45) is 1.94. The van der Waals surface area contributed by atoms with Gasteiger partial charge in [0.25, 0.3) is 5.91 Å². The van der Waals surface area contributed by atoms with E-state index in [1.165, 1.54) is 24.5 Å². The maximum atomic E-state index is 14.9. The van der Waals surface area contributed by atoms with Gasteiger partial charge in [0, 0.05) is 30.4 Å². The number of nitrogens with zero attached hydrogens (tertiary/aromatic N) is 2. The van der Waals surface area contributed by atoms with E-state index in [-0.39, 0.29) is 11.9 Å². The number of hydrogen-bond acceptors (Lipinski definition) is 6. The molecular weight excluding hydrogens is 407 g/mol. The predicted octanol–water partition coefficient (Wildman–Crippen LogP) is 2.86. The first-order chi connectivity index (χ1) is 14.4. The lowest BCUT2D eigenvalue weighted by atomic mass is 10.0. The molecule has 0 radical (unpaired) electrons. The minimum Gasteiger partial charge on any atom is -0.496 e. The smallest absolute Gasteiger partial charge is 0.252 e. The van der Waals surface area contributed by atoms with Crippen LogP contribution in [0.15, 0.2) is 36.5 Å². The van der Waals surface area contributed by atoms with E-state index in [9.17, 15) is 14.3 Å². The fourth-order valence-electron chi connectivity index (χ4n) is 3.94. The lowest BCUT2D eigenvalue weighted by molar-refractivity contribution is 0.0997. The number of hydrogen-bond donors (Lipinski definition) is 3. The Morgan fingerprint density at radius 3 is 2.90 bits per heavy atom. The summed E-state index contributed by atoms with van der Waals surface area (Å²) in [5.74, 6) is -0.544. The number of nitrogens with one attached hydrogen (secondary N) is 1. The van der Waals surface area contributed by atoms with E-state index in [2.05, 4.69) is 10.3 Å². The molecule has 0 spiro atoms. The van der Waals surface area contributed by atoms with Crippen LogP contribution in [0.1, 0.15) is 28.4 Å². The number of benzene rings is 2. The van der Waals surface area contributed by atoms with Gasteiger partial charge in [-0.25, -0.2) is 9.37 Å². The number of carbonyl (C=O) groups is 1. The largest absolute Gasteiger partial charge is 0.496 e. The van der Waals surface area contributed by atoms with E-state index in [0.29, 0.717) is 40.5 Å². The number of aliphatic hydroxyl groups is 1. The van der Waals surface area contributed by atoms with Crippen LogP contribution in [0.5, 0.6) is 5.75 Å². The molecule has 30 heavy (non-hydrogen) atoms. The summed E-state index contributed by atoms with van der Waals surface area (Å²) in [5, 5.41) is 12.9. The van der Waals surface area contributed by atoms with Gasteiger partial charge in [-0.1, -0.05) is 17.4 Å². The molecule has 0 bridgehead atoms. The molecule has 0 unspecified atom stereocenters. The van der Waals surface area contributed by atoms with Gasteiger partial charge in [-0.15, -0.1) is 0 Å². The Morgan fingerprint density at radius 1 is 1.40 bits per heavy atom. The van der Waals surface area contributed by atoms with Crippen molar-refractivity contribution in [1.29, 1.82) is 0 Å². The molecule has 154 valence electrons. The van der Waals surface area contributed by atoms with Crippen molar-refractivity contribution in [3.05, 3.63) is 53.5 Å². The van der Waals surface area contributed by atoms with Crippen LogP contribution in [0.25, 0.3) is 26.4 Å². The van der Waals surface area contributed by atoms with Crippen LogP contribution < -0.4 is 15.8 Å². The van der Waals surface area contributed by atoms with E-state index < -0.39 is 12.0 Å². The van der Waals surface area contributed by atoms with Gasteiger partial charge in [-0.05, 0) is 30.2 Å². The molecule has 1 fully saturated rings. The summed E-state index contributed by atoms with van der Waals surface area (Å²) in [6, 6.07) is 8.46. The van der Waals surface area contributed by atoms with Crippen molar-refractivity contribution in [2.24, 2.45) is 5.73 Å². The van der Waals surface area contributed by atoms with Crippen LogP contribution in [-0.2, 0) is 0 Å². The van der Waals surface area contributed by atoms with Crippen LogP contribution in [0.4, 0.5) is 4.39 Å². The molecule has 2 aromatic carbocycles. The third kappa shape index (κ3) is 3.02. The Bertz CT molecular complexity index is 1300. The van der Waals surface area contributed by atoms with Crippen molar-refractivity contribution in [3.63, 3.8) is 0 Å². The second-order valence-corrected chi connectivity index (χ2v) is 8.36. The SMILES string of the molecule is COc1cc2c(cc1C(N)=O)sc1nc(-c3ccc([C@@H]4C[C@@H](O)CN4)cc3F)cn12. The standard InChI is InChI=1S/C21H19FN4O3S/c1-29-18-7-17-19(6-13(18)20(23)28)30-21-25-16(9-26(17)21)12-3-2-10(4-14(12)22)15-5-11(27)8-24-15/h2-4,6-7,9,11,15,24,27H,5,8H2,1H3,(H2,23,28)/t11-,15+/m1/s1. The van der Waals surface area contributed by atoms with E-state index >= 15 is 0 Å². The number of carbonyl (C=O) groups excluding carboxylic acids is 1. The molecule has 1 aliphatic rings. The number of aliphatic hydroxyl groups excluding tert-OH is 1. The molecule has 1 saturated heterocycles. The first-order valence-electron chi connectivity index (χ1n) is 9.45. The molecule has 0 saturated carbocycles. The van der Waals surface area contributed by atoms with Crippen LogP contribution >= 0.6 is 11.3 Å². The zero-order valence-corrected chi connectivity index (χ0v) is 16.9. The number of aromatic nitrogens is 2. The van der Waals surface area contributed by atoms with Gasteiger partial charge in [0.1, 0.15) is 11.6 Å². The molecule has 2 atom stereocenters. The maximum Gasteiger partial charge on any atom is 0.252 e. The van der Waals surface area contributed by atoms with Crippen LogP contribution in [0, 0.1) is 5.82 Å². The van der Waals surface area contributed by atoms with Crippen molar-refractivity contribution in [1.82, 2.24) is 14.7 Å². The number of imidazole rings is 1. The van der Waals surface area contributed by atoms with Crippen molar-refractivity contribution >= 4 is 32.4 Å². The van der Waals surface area contributed by atoms with E-state index in [1.54, 1.807) is 24.4 Å². The average Bonchev–Trinajstić information content (AvgIpc) is 3.41. The highest BCUT2D eigenvalue weighted by Gasteiger charge is 2.24. The van der Waals surface area contributed by atoms with Gasteiger partial charge < -0.3 is 20.9 Å². The molecule has 1 amide bonds. The zero-order valence-electron chi connectivity index (χ0n) is 16.1. The molecule has 1 aliphatic heterocycles. The minimum absolute atomic E-state index is 0.0510. The monoisotopic (exact) mass is 426 g/mol. The molecule has 3 heterocycles. The molecule has 0 aliphatic carbocycles. The Labute approximate surface area is 174 Å². The molecule has 4 aromatic rings. The summed E-state index contributed by atoms with van der Waals surface area (Å²) in [4.78, 5) is 16.9. The van der Waals surface area contributed by atoms with Gasteiger partial charge >= 0.3 is 0 Å². The van der Waals surface area contributed by atoms with Crippen LogP contribution in [-0.4, -0.2) is 40.2 Å². The first-order valence-corrected chi connectivity index (χ1v) is 10.3. The van der Waals surface area contributed by atoms with Gasteiger partial charge in [-0.2, -0.15) is 0 Å². The van der Waals surface area contributed by atoms with Crippen molar-refractivity contribution < 1.29 is 19.0 Å². The number of halogens is 1. The number of primary amides is 1. The van der Waals surface area contributed by atoms with Crippen LogP contribution in [0.2, 0.25) is 0 Å². The summed E-state index contributed by atoms with van der Waals surface area (Å²) in [7, 11) is 1.48. The molecule has 4 N–H and O–H groups in total. The Morgan fingerprint density at radius 2 is 2.23 bits per heavy atom. The Kier molecular flexibility index (Phi) is 4.46. The first kappa shape index (κ1) is 19.0. The quantitative estimate of drug-likeness (QED) is 0.466. The van der Waals surface area contributed by atoms with Crippen LogP contribution in [0.3, 0.4) is 0 Å². The van der Waals surface area contributed by atoms with Crippen molar-refractivity contribution in [2.75, 3.05) is 13.7 Å². The normalized spacial score (nSPS) is 19.0. The fraction of sp³-hybridized carbons (Fsp3) is 0.238. The number of nitrogens with two attached hydrogens (primary N) is 1. The second-order valence-electron chi connectivity index (χ2n) is 7.35. The topological polar surface area (TPSA) is 102 Å². The highest BCUT2D eigenvalue weighted by Crippen LogP contribution is 2.35. The molecule has 5 rings (SSSR count). The number of amides is 1. The molecule has 7 nitrogen and oxygen atoms in total. The van der Waals surface area contributed by atoms with Crippen molar-refractivity contribution in [2.45, 2.75) is 18.6 Å². The van der Waals surface area contributed by atoms with E-state index in [4.69, 9.17) is 10.5 Å². The summed E-state index contributed by atoms with van der Waals surface area (Å²) in [5.41, 5.74) is 8.28. The molecule has 9 heteroatoms. The molecular formula is C21H19FN4O3S. The Hall–Kier alpha value is -3.01. The number of ether oxygens (including phenoxy) is 1. The maximum absolute atomic E-state index is 14.9. The summed E-state index contributed by atoms with van der Waals surface area (Å²) < 4.78 is 22.9. The van der Waals surface area contributed by atoms with Gasteiger partial charge in [-0.3, -0.25) is 9.20 Å². The van der Waals surface area contributed by atoms with E-state index in [1.807, 2.05) is 10.5 Å². The highest BCUT2D eigenvalue weighted by atomic mass is 32.1. The number of methoxy groups -OCH3 is 1. The average molecular weight is 426 g/mol. The lowest BCUT2D eigenvalue weighted by Gasteiger charge is -2.11. The second kappa shape index (κ2) is 7.05. The third-order valence-electron chi connectivity index (χ3n) is 5.46. The number of rotatable bonds is 4. The minimum atomic E-state index is -0.563. The number of thiazole rings is 1. The van der Waals surface area contributed by atoms with Gasteiger partial charge in [0.15, 0.2) is 4.96 Å². The van der Waals surface area contributed by atoms with Crippen molar-refractivity contribution in [3.8, 4) is 17.0 Å². The third-order valence-corrected chi connectivity index (χ3v) is 6.48. The van der Waals surface area contributed by atoms with Gasteiger partial charge in [0.2, 0.25) is 0 Å². The molecule has 2 aromatic heterocycles. The summed E-state index contributed by atoms with van der Waals surface area (Å²) >= 11 is 1.39. The number of fused-ring (bicyclic) bond motifs is 3. The van der Waals surface area contributed by atoms with E-state index in [0.717, 1.165) is 15.8 Å².